The lowest BCUT2D eigenvalue weighted by molar-refractivity contribution is 0.321. The number of hydrogen-bond donors (Lipinski definition) is 2. The van der Waals surface area contributed by atoms with Gasteiger partial charge in [-0.3, -0.25) is 9.97 Å². The van der Waals surface area contributed by atoms with Crippen LogP contribution in [0.4, 0.5) is 0 Å². The van der Waals surface area contributed by atoms with Crippen LogP contribution in [-0.2, 0) is 0 Å². The maximum atomic E-state index is 8.50. The first-order valence-corrected chi connectivity index (χ1v) is 10.3. The fourth-order valence-corrected chi connectivity index (χ4v) is 2.62. The molecule has 0 spiro atoms. The predicted octanol–water partition coefficient (Wildman–Crippen LogP) is 7.59. The first-order chi connectivity index (χ1) is 15.2. The van der Waals surface area contributed by atoms with E-state index in [0.29, 0.717) is 5.56 Å². The van der Waals surface area contributed by atoms with Crippen LogP contribution in [0.1, 0.15) is 47.7 Å². The quantitative estimate of drug-likeness (QED) is 0.184. The van der Waals surface area contributed by atoms with Gasteiger partial charge in [0.25, 0.3) is 0 Å². The van der Waals surface area contributed by atoms with Crippen molar-refractivity contribution in [1.82, 2.24) is 9.97 Å². The van der Waals surface area contributed by atoms with Crippen molar-refractivity contribution in [3.63, 3.8) is 0 Å². The van der Waals surface area contributed by atoms with Crippen molar-refractivity contribution < 1.29 is 11.8 Å². The fourth-order valence-electron chi connectivity index (χ4n) is 2.50. The molecule has 0 amide bonds. The molecule has 0 aliphatic rings. The van der Waals surface area contributed by atoms with Crippen molar-refractivity contribution >= 4 is 44.8 Å². The Bertz CT molecular complexity index is 1140. The molecule has 0 bridgehead atoms. The Morgan fingerprint density at radius 1 is 0.844 bits per heavy atom. The van der Waals surface area contributed by atoms with E-state index in [-0.39, 0.29) is 14.0 Å². The van der Waals surface area contributed by atoms with Gasteiger partial charge < -0.3 is 10.4 Å². The number of rotatable bonds is 2. The summed E-state index contributed by atoms with van der Waals surface area (Å²) in [5.41, 5.74) is 3.37. The molecule has 0 aliphatic carbocycles. The topological polar surface area (TPSA) is 91.0 Å². The van der Waals surface area contributed by atoms with Crippen LogP contribution in [0.2, 0.25) is 0 Å². The van der Waals surface area contributed by atoms with Gasteiger partial charge in [0.2, 0.25) is 0 Å². The lowest BCUT2D eigenvalue weighted by Gasteiger charge is -1.99. The molecule has 0 saturated heterocycles. The molecular formula is C25H33ClN4O2. The second kappa shape index (κ2) is 16.2. The minimum Gasteiger partial charge on any atom is -0.411 e. The average Bonchev–Trinajstić information content (AvgIpc) is 2.86. The van der Waals surface area contributed by atoms with Gasteiger partial charge >= 0.3 is 0 Å². The highest BCUT2D eigenvalue weighted by molar-refractivity contribution is 6.69. The van der Waals surface area contributed by atoms with Gasteiger partial charge in [0.05, 0.1) is 17.2 Å². The molecule has 7 heteroatoms. The number of halogens is 1. The van der Waals surface area contributed by atoms with Crippen LogP contribution in [-0.4, -0.2) is 31.8 Å². The molecule has 4 aromatic rings. The van der Waals surface area contributed by atoms with Crippen LogP contribution >= 0.6 is 11.6 Å². The molecule has 172 valence electrons. The third kappa shape index (κ3) is 8.32. The SMILES string of the molecule is C.CC.CC.ON=C(Cl)c1ccc2ncccc2c1.ON=Cc1ccc2ncccc2c1.[2HH]. The van der Waals surface area contributed by atoms with E-state index in [0.717, 1.165) is 27.4 Å². The van der Waals surface area contributed by atoms with Gasteiger partial charge in [-0.15, -0.1) is 0 Å². The molecule has 0 atom stereocenters. The predicted molar refractivity (Wildman–Crippen MR) is 139 cm³/mol. The number of fused-ring (bicyclic) bond motifs is 2. The maximum Gasteiger partial charge on any atom is 0.175 e. The van der Waals surface area contributed by atoms with Crippen LogP contribution in [0.5, 0.6) is 0 Å². The van der Waals surface area contributed by atoms with E-state index in [4.69, 9.17) is 22.0 Å². The van der Waals surface area contributed by atoms with E-state index in [1.165, 1.54) is 6.21 Å². The fraction of sp³-hybridized carbons (Fsp3) is 0.200. The molecule has 2 heterocycles. The van der Waals surface area contributed by atoms with E-state index in [1.54, 1.807) is 18.5 Å². The molecule has 32 heavy (non-hydrogen) atoms. The van der Waals surface area contributed by atoms with E-state index < -0.39 is 0 Å². The molecule has 0 radical (unpaired) electrons. The summed E-state index contributed by atoms with van der Waals surface area (Å²) in [6, 6.07) is 18.7. The van der Waals surface area contributed by atoms with Crippen LogP contribution in [0.3, 0.4) is 0 Å². The molecule has 4 rings (SSSR count). The van der Waals surface area contributed by atoms with Gasteiger partial charge in [-0.25, -0.2) is 0 Å². The van der Waals surface area contributed by atoms with Crippen molar-refractivity contribution in [2.45, 2.75) is 35.1 Å². The van der Waals surface area contributed by atoms with Crippen LogP contribution in [0.25, 0.3) is 21.8 Å². The largest absolute Gasteiger partial charge is 0.411 e. The lowest BCUT2D eigenvalue weighted by Crippen LogP contribution is -1.90. The minimum atomic E-state index is 0. The van der Waals surface area contributed by atoms with E-state index >= 15 is 0 Å². The van der Waals surface area contributed by atoms with E-state index in [2.05, 4.69) is 20.3 Å². The summed E-state index contributed by atoms with van der Waals surface area (Å²) in [7, 11) is 0. The van der Waals surface area contributed by atoms with Gasteiger partial charge in [-0.05, 0) is 48.0 Å². The highest BCUT2D eigenvalue weighted by Crippen LogP contribution is 2.15. The number of oxime groups is 2. The molecule has 0 fully saturated rings. The Labute approximate surface area is 196 Å². The number of benzene rings is 2. The van der Waals surface area contributed by atoms with Crippen molar-refractivity contribution in [3.05, 3.63) is 84.2 Å². The summed E-state index contributed by atoms with van der Waals surface area (Å²) in [6.45, 7) is 8.00. The van der Waals surface area contributed by atoms with Crippen molar-refractivity contribution in [2.24, 2.45) is 10.3 Å². The van der Waals surface area contributed by atoms with Crippen LogP contribution < -0.4 is 0 Å². The summed E-state index contributed by atoms with van der Waals surface area (Å²) in [6.07, 6.45) is 4.87. The average molecular weight is 458 g/mol. The Hall–Kier alpha value is -3.51. The van der Waals surface area contributed by atoms with Crippen molar-refractivity contribution in [2.75, 3.05) is 0 Å². The maximum absolute atomic E-state index is 8.50. The molecule has 0 aliphatic heterocycles. The molecular weight excluding hydrogens is 424 g/mol. The van der Waals surface area contributed by atoms with Gasteiger partial charge in [0.15, 0.2) is 5.17 Å². The normalized spacial score (nSPS) is 10.1. The van der Waals surface area contributed by atoms with Crippen LogP contribution in [0, 0.1) is 0 Å². The van der Waals surface area contributed by atoms with Crippen molar-refractivity contribution in [3.8, 4) is 0 Å². The summed E-state index contributed by atoms with van der Waals surface area (Å²) >= 11 is 5.67. The number of aromatic nitrogens is 2. The zero-order chi connectivity index (χ0) is 23.1. The Balaban J connectivity index is 0. The molecule has 2 aromatic carbocycles. The van der Waals surface area contributed by atoms with Gasteiger partial charge in [-0.2, -0.15) is 0 Å². The molecule has 0 unspecified atom stereocenters. The molecule has 0 saturated carbocycles. The summed E-state index contributed by atoms with van der Waals surface area (Å²) < 4.78 is 0. The van der Waals surface area contributed by atoms with Gasteiger partial charge in [-0.1, -0.05) is 75.2 Å². The van der Waals surface area contributed by atoms with Gasteiger partial charge in [0.1, 0.15) is 0 Å². The Morgan fingerprint density at radius 3 is 1.91 bits per heavy atom. The Morgan fingerprint density at radius 2 is 1.38 bits per heavy atom. The third-order valence-corrected chi connectivity index (χ3v) is 4.06. The first-order valence-electron chi connectivity index (χ1n) is 9.96. The molecule has 2 aromatic heterocycles. The summed E-state index contributed by atoms with van der Waals surface area (Å²) in [4.78, 5) is 8.34. The van der Waals surface area contributed by atoms with Crippen LogP contribution in [0.15, 0.2) is 83.4 Å². The smallest absolute Gasteiger partial charge is 0.175 e. The highest BCUT2D eigenvalue weighted by Gasteiger charge is 2.01. The minimum absolute atomic E-state index is 0. The summed E-state index contributed by atoms with van der Waals surface area (Å²) in [5.74, 6) is 0. The lowest BCUT2D eigenvalue weighted by atomic mass is 10.1. The van der Waals surface area contributed by atoms with E-state index in [1.807, 2.05) is 82.3 Å². The Kier molecular flexibility index (Phi) is 14.4. The second-order valence-electron chi connectivity index (χ2n) is 5.50. The number of nitrogens with zero attached hydrogens (tertiary/aromatic N) is 4. The van der Waals surface area contributed by atoms with Crippen molar-refractivity contribution in [1.29, 1.82) is 0 Å². The standard InChI is InChI=1S/C10H7ClN2O.C10H8N2O.2C2H6.CH4.H2/c11-10(13-14)8-3-4-9-7(6-8)2-1-5-12-9;13-12-7-8-3-4-10-9(6-8)2-1-5-11-10;2*1-2;;/h1-6,14H;1-7,13H;2*1-2H3;1H4;1H/i;;;;;1+1. The second-order valence-corrected chi connectivity index (χ2v) is 5.86. The highest BCUT2D eigenvalue weighted by atomic mass is 35.5. The summed E-state index contributed by atoms with van der Waals surface area (Å²) in [5, 5.41) is 24.8. The molecule has 2 N–H and O–H groups in total. The number of hydrogen-bond acceptors (Lipinski definition) is 6. The molecule has 6 nitrogen and oxygen atoms in total. The zero-order valence-corrected chi connectivity index (χ0v) is 18.8. The van der Waals surface area contributed by atoms with Gasteiger partial charge in [0, 0.05) is 30.2 Å². The zero-order valence-electron chi connectivity index (χ0n) is 18.1. The first kappa shape index (κ1) is 28.5. The van der Waals surface area contributed by atoms with E-state index in [9.17, 15) is 0 Å². The third-order valence-electron chi connectivity index (χ3n) is 3.76. The number of pyridine rings is 2. The monoisotopic (exact) mass is 457 g/mol.